The molecule has 0 saturated carbocycles. The first-order chi connectivity index (χ1) is 4.00. The summed E-state index contributed by atoms with van der Waals surface area (Å²) in [5.41, 5.74) is 0. The fourth-order valence-corrected chi connectivity index (χ4v) is 0. The summed E-state index contributed by atoms with van der Waals surface area (Å²) in [7, 11) is -11.0. The van der Waals surface area contributed by atoms with Gasteiger partial charge in [-0.2, -0.15) is 7.82 Å². The molecule has 0 aromatic heterocycles. The maximum Gasteiger partial charge on any atom is 3.00 e. The predicted molar refractivity (Wildman–Crippen MR) is 30.6 cm³/mol. The van der Waals surface area contributed by atoms with Crippen LogP contribution in [-0.4, -0.2) is 102 Å². The molecule has 0 atom stereocenters. The molecule has 0 amide bonds. The Morgan fingerprint density at radius 3 is 0.846 bits per heavy atom. The third-order valence-corrected chi connectivity index (χ3v) is 0. The van der Waals surface area contributed by atoms with Crippen LogP contribution in [0.1, 0.15) is 0 Å². The van der Waals surface area contributed by atoms with Crippen LogP contribution in [0.5, 0.6) is 0 Å². The van der Waals surface area contributed by atoms with Crippen molar-refractivity contribution >= 4 is 110 Å². The molecule has 0 aromatic rings. The van der Waals surface area contributed by atoms with E-state index in [-0.39, 0.29) is 92.8 Å². The first-order valence-electron chi connectivity index (χ1n) is 1.55. The van der Waals surface area contributed by atoms with E-state index in [0.717, 1.165) is 0 Å². The fraction of sp³-hybridized carbons (Fsp3) is 0. The van der Waals surface area contributed by atoms with Gasteiger partial charge in [-0.05, 0) is 0 Å². The van der Waals surface area contributed by atoms with Crippen molar-refractivity contribution in [3.8, 4) is 0 Å². The Bertz CT molecular complexity index is 114. The average Bonchev–Trinajstić information content (AvgIpc) is 1.12. The van der Waals surface area contributed by atoms with Gasteiger partial charge in [0.2, 0.25) is 0 Å². The number of hydrogen-bond donors (Lipinski definition) is 0. The van der Waals surface area contributed by atoms with E-state index in [4.69, 9.17) is 38.4 Å². The average molecular weight is 294 g/mol. The minimum Gasteiger partial charge on any atom is -0.894 e. The van der Waals surface area contributed by atoms with E-state index in [9.17, 15) is 0 Å². The van der Waals surface area contributed by atoms with Gasteiger partial charge in [0.25, 0.3) is 0 Å². The monoisotopic (exact) mass is 294 g/mol. The second-order valence-electron chi connectivity index (χ2n) is 0.947. The predicted octanol–water partition coefficient (Wildman–Crippen LogP) is -9.10. The van der Waals surface area contributed by atoms with Crippen molar-refractivity contribution in [2.24, 2.45) is 0 Å². The Hall–Kier alpha value is 3.22. The molecule has 0 aromatic carbocycles. The molecule has 0 aliphatic rings. The minimum absolute atomic E-state index is 0. The van der Waals surface area contributed by atoms with E-state index in [2.05, 4.69) is 0 Å². The molecule has 0 rings (SSSR count). The van der Waals surface area contributed by atoms with Crippen molar-refractivity contribution in [2.75, 3.05) is 0 Å². The molecule has 0 fully saturated rings. The molecule has 13 heavy (non-hydrogen) atoms. The molecule has 0 radical (unpaired) electrons. The van der Waals surface area contributed by atoms with Gasteiger partial charge in [-0.15, -0.1) is 0 Å². The summed E-state index contributed by atoms with van der Waals surface area (Å²) in [6.45, 7) is 0. The molecule has 0 spiro atoms. The second kappa shape index (κ2) is 13.3. The van der Waals surface area contributed by atoms with Gasteiger partial charge in [0, 0.05) is 0 Å². The van der Waals surface area contributed by atoms with E-state index >= 15 is 0 Å². The quantitative estimate of drug-likeness (QED) is 0.312. The summed E-state index contributed by atoms with van der Waals surface area (Å²) in [6, 6.07) is 0. The van der Waals surface area contributed by atoms with Crippen LogP contribution in [0.3, 0.4) is 0 Å². The van der Waals surface area contributed by atoms with Crippen LogP contribution in [-0.2, 0) is 4.57 Å². The van der Waals surface area contributed by atoms with E-state index in [1.54, 1.807) is 0 Å². The Morgan fingerprint density at radius 2 is 0.846 bits per heavy atom. The third-order valence-electron chi connectivity index (χ3n) is 0. The van der Waals surface area contributed by atoms with Crippen molar-refractivity contribution < 1.29 is 38.4 Å². The Balaban J connectivity index is -0.0000000267. The third kappa shape index (κ3) is 257. The number of rotatable bonds is 0. The summed E-state index contributed by atoms with van der Waals surface area (Å²) in [6.07, 6.45) is 0. The largest absolute Gasteiger partial charge is 3.00 e. The zero-order valence-electron chi connectivity index (χ0n) is 6.20. The van der Waals surface area contributed by atoms with E-state index in [1.165, 1.54) is 0 Å². The molecular formula is AlCa2O8PSi. The molecule has 0 saturated heterocycles. The summed E-state index contributed by atoms with van der Waals surface area (Å²) in [5.74, 6) is 0. The molecule has 0 N–H and O–H groups in total. The standard InChI is InChI=1S/Al.2Ca.H3O4P.O4Si/c;;;2*1-5(2,3)4/h;;;(H3,1,2,3,4);/q+3;2*+2;;-4/p-3. The zero-order valence-corrected chi connectivity index (χ0v) is 13.7. The van der Waals surface area contributed by atoms with Crippen LogP contribution in [0.2, 0.25) is 0 Å². The van der Waals surface area contributed by atoms with Crippen molar-refractivity contribution in [3.63, 3.8) is 0 Å². The zero-order chi connectivity index (χ0) is 9.00. The fourth-order valence-electron chi connectivity index (χ4n) is 0. The van der Waals surface area contributed by atoms with Gasteiger partial charge < -0.3 is 47.5 Å². The first kappa shape index (κ1) is 29.8. The maximum absolute atomic E-state index is 8.58. The Kier molecular flexibility index (Phi) is 30.5. The van der Waals surface area contributed by atoms with Crippen molar-refractivity contribution in [1.82, 2.24) is 0 Å². The maximum atomic E-state index is 8.58. The van der Waals surface area contributed by atoms with Crippen LogP contribution in [0.15, 0.2) is 0 Å². The minimum atomic E-state index is -5.61. The van der Waals surface area contributed by atoms with Gasteiger partial charge in [0.1, 0.15) is 0 Å². The molecule has 0 bridgehead atoms. The number of phosphoric acid groups is 1. The topological polar surface area (TPSA) is 178 Å². The van der Waals surface area contributed by atoms with Crippen molar-refractivity contribution in [3.05, 3.63) is 0 Å². The normalized spacial score (nSPS) is 9.15. The van der Waals surface area contributed by atoms with Gasteiger partial charge >= 0.3 is 92.8 Å². The van der Waals surface area contributed by atoms with Gasteiger partial charge in [-0.1, -0.05) is 0 Å². The van der Waals surface area contributed by atoms with Crippen LogP contribution in [0, 0.1) is 0 Å². The SMILES string of the molecule is O=P([O-])([O-])[O-].[Al+3].[Ca+2].[Ca+2].[O-][Si]([O-])([O-])[O-]. The summed E-state index contributed by atoms with van der Waals surface area (Å²) in [5, 5.41) is 0. The van der Waals surface area contributed by atoms with Crippen LogP contribution >= 0.6 is 7.82 Å². The van der Waals surface area contributed by atoms with E-state index in [0.29, 0.717) is 0 Å². The molecule has 0 unspecified atom stereocenters. The van der Waals surface area contributed by atoms with Crippen LogP contribution in [0.4, 0.5) is 0 Å². The molecule has 0 heterocycles. The van der Waals surface area contributed by atoms with E-state index in [1.807, 2.05) is 0 Å². The Morgan fingerprint density at radius 1 is 0.846 bits per heavy atom. The van der Waals surface area contributed by atoms with E-state index < -0.39 is 16.9 Å². The van der Waals surface area contributed by atoms with Gasteiger partial charge in [-0.3, -0.25) is 0 Å². The van der Waals surface area contributed by atoms with Crippen molar-refractivity contribution in [1.29, 1.82) is 0 Å². The molecule has 0 aliphatic heterocycles. The van der Waals surface area contributed by atoms with Gasteiger partial charge in [-0.25, -0.2) is 0 Å². The number of hydrogen-bond acceptors (Lipinski definition) is 8. The summed E-state index contributed by atoms with van der Waals surface area (Å²) in [4.78, 5) is 60.0. The summed E-state index contributed by atoms with van der Waals surface area (Å²) >= 11 is 0. The van der Waals surface area contributed by atoms with Crippen molar-refractivity contribution in [2.45, 2.75) is 0 Å². The first-order valence-corrected chi connectivity index (χ1v) is 4.64. The molecule has 8 nitrogen and oxygen atoms in total. The molecule has 13 heteroatoms. The summed E-state index contributed by atoms with van der Waals surface area (Å²) < 4.78 is 8.55. The smallest absolute Gasteiger partial charge is 0.894 e. The molecule has 64 valence electrons. The van der Waals surface area contributed by atoms with Gasteiger partial charge in [0.05, 0.1) is 0 Å². The Labute approximate surface area is 145 Å². The van der Waals surface area contributed by atoms with Crippen LogP contribution < -0.4 is 33.9 Å². The second-order valence-corrected chi connectivity index (χ2v) is 2.84. The van der Waals surface area contributed by atoms with Gasteiger partial charge in [0.15, 0.2) is 0 Å². The van der Waals surface area contributed by atoms with Crippen LogP contribution in [0.25, 0.3) is 0 Å². The molecule has 0 aliphatic carbocycles. The molecular weight excluding hydrogens is 294 g/mol.